The molecule has 0 unspecified atom stereocenters. The number of piperidine rings is 1. The Morgan fingerprint density at radius 3 is 2.33 bits per heavy atom. The van der Waals surface area contributed by atoms with Crippen molar-refractivity contribution in [1.29, 1.82) is 0 Å². The van der Waals surface area contributed by atoms with Gasteiger partial charge in [0, 0.05) is 25.9 Å². The molecule has 12 heavy (non-hydrogen) atoms. The van der Waals surface area contributed by atoms with E-state index in [4.69, 9.17) is 5.73 Å². The van der Waals surface area contributed by atoms with Crippen LogP contribution in [0.5, 0.6) is 0 Å². The highest BCUT2D eigenvalue weighted by Gasteiger charge is 2.33. The predicted molar refractivity (Wildman–Crippen MR) is 44.4 cm³/mol. The molecule has 1 rings (SSSR count). The predicted octanol–water partition coefficient (Wildman–Crippen LogP) is 2.16. The van der Waals surface area contributed by atoms with Gasteiger partial charge in [0.15, 0.2) is 0 Å². The van der Waals surface area contributed by atoms with E-state index in [0.29, 0.717) is 19.6 Å². The second-order valence-electron chi connectivity index (χ2n) is 3.56. The normalized spacial score (nSPS) is 27.0. The summed E-state index contributed by atoms with van der Waals surface area (Å²) in [5, 5.41) is 0. The topological polar surface area (TPSA) is 27.0 Å². The Morgan fingerprint density at radius 1 is 1.42 bits per heavy atom. The van der Waals surface area contributed by atoms with Crippen LogP contribution in [0.2, 0.25) is 0 Å². The van der Waals surface area contributed by atoms with Crippen molar-refractivity contribution in [3.8, 4) is 0 Å². The molecule has 0 amide bonds. The number of nitrogens with one attached hydrogen (secondary N) is 1. The molecule has 0 spiro atoms. The van der Waals surface area contributed by atoms with Crippen molar-refractivity contribution < 1.29 is 8.78 Å². The first-order valence-corrected chi connectivity index (χ1v) is 4.31. The van der Waals surface area contributed by atoms with E-state index in [0.717, 1.165) is 0 Å². The van der Waals surface area contributed by atoms with Gasteiger partial charge in [-0.05, 0) is 6.54 Å². The Balaban J connectivity index is 2.27. The first-order valence-electron chi connectivity index (χ1n) is 4.31. The van der Waals surface area contributed by atoms with Gasteiger partial charge in [-0.2, -0.15) is 0 Å². The standard InChI is InChI=1S/C8H15F2N2/c1-7(11)6-12-4-2-8(9,10)3-5-12/h7,11H,2-6H2,1H3/q-1/t7-/m1/s1. The average molecular weight is 177 g/mol. The smallest absolute Gasteiger partial charge is 0.250 e. The van der Waals surface area contributed by atoms with Gasteiger partial charge in [0.25, 0.3) is 5.92 Å². The van der Waals surface area contributed by atoms with Crippen LogP contribution in [0, 0.1) is 0 Å². The largest absolute Gasteiger partial charge is 0.674 e. The fraction of sp³-hybridized carbons (Fsp3) is 1.00. The van der Waals surface area contributed by atoms with Gasteiger partial charge in [-0.25, -0.2) is 8.78 Å². The van der Waals surface area contributed by atoms with Crippen molar-refractivity contribution in [2.75, 3.05) is 19.6 Å². The Kier molecular flexibility index (Phi) is 3.01. The summed E-state index contributed by atoms with van der Waals surface area (Å²) in [7, 11) is 0. The summed E-state index contributed by atoms with van der Waals surface area (Å²) in [6.45, 7) is 3.29. The van der Waals surface area contributed by atoms with Gasteiger partial charge >= 0.3 is 0 Å². The van der Waals surface area contributed by atoms with E-state index in [2.05, 4.69) is 0 Å². The number of nitrogens with zero attached hydrogens (tertiary/aromatic N) is 1. The van der Waals surface area contributed by atoms with E-state index in [1.54, 1.807) is 6.92 Å². The summed E-state index contributed by atoms with van der Waals surface area (Å²) in [6.07, 6.45) is -0.0839. The molecule has 72 valence electrons. The molecular weight excluding hydrogens is 162 g/mol. The highest BCUT2D eigenvalue weighted by atomic mass is 19.3. The second-order valence-corrected chi connectivity index (χ2v) is 3.56. The van der Waals surface area contributed by atoms with Gasteiger partial charge < -0.3 is 10.6 Å². The lowest BCUT2D eigenvalue weighted by Gasteiger charge is -2.34. The van der Waals surface area contributed by atoms with E-state index in [-0.39, 0.29) is 18.9 Å². The van der Waals surface area contributed by atoms with Crippen LogP contribution in [-0.4, -0.2) is 36.5 Å². The molecule has 1 fully saturated rings. The molecule has 0 saturated carbocycles. The third-order valence-corrected chi connectivity index (χ3v) is 2.12. The zero-order valence-corrected chi connectivity index (χ0v) is 7.32. The quantitative estimate of drug-likeness (QED) is 0.635. The molecule has 0 aromatic heterocycles. The molecule has 0 aromatic carbocycles. The van der Waals surface area contributed by atoms with E-state index in [9.17, 15) is 8.78 Å². The van der Waals surface area contributed by atoms with E-state index < -0.39 is 5.92 Å². The molecule has 0 aliphatic carbocycles. The third-order valence-electron chi connectivity index (χ3n) is 2.12. The molecule has 0 radical (unpaired) electrons. The van der Waals surface area contributed by atoms with Gasteiger partial charge in [0.2, 0.25) is 0 Å². The Bertz CT molecular complexity index is 138. The van der Waals surface area contributed by atoms with Gasteiger partial charge in [-0.15, -0.1) is 6.04 Å². The maximum Gasteiger partial charge on any atom is 0.250 e. The number of rotatable bonds is 2. The molecular formula is C8H15F2N2-. The third kappa shape index (κ3) is 3.03. The van der Waals surface area contributed by atoms with Crippen molar-refractivity contribution >= 4 is 0 Å². The summed E-state index contributed by atoms with van der Waals surface area (Å²) >= 11 is 0. The number of halogens is 2. The van der Waals surface area contributed by atoms with Crippen LogP contribution in [0.1, 0.15) is 19.8 Å². The summed E-state index contributed by atoms with van der Waals surface area (Å²) in [4.78, 5) is 1.94. The second kappa shape index (κ2) is 3.66. The zero-order valence-electron chi connectivity index (χ0n) is 7.32. The lowest BCUT2D eigenvalue weighted by atomic mass is 10.1. The van der Waals surface area contributed by atoms with Crippen LogP contribution in [0.3, 0.4) is 0 Å². The van der Waals surface area contributed by atoms with Gasteiger partial charge in [-0.3, -0.25) is 0 Å². The van der Waals surface area contributed by atoms with Crippen molar-refractivity contribution in [3.05, 3.63) is 5.73 Å². The number of hydrogen-bond donors (Lipinski definition) is 0. The van der Waals surface area contributed by atoms with E-state index in [1.807, 2.05) is 4.90 Å². The summed E-state index contributed by atoms with van der Waals surface area (Å²) in [5.74, 6) is -2.46. The first kappa shape index (κ1) is 9.86. The maximum atomic E-state index is 12.6. The fourth-order valence-electron chi connectivity index (χ4n) is 1.45. The van der Waals surface area contributed by atoms with Crippen LogP contribution in [-0.2, 0) is 0 Å². The summed E-state index contributed by atoms with van der Waals surface area (Å²) in [5.41, 5.74) is 7.28. The van der Waals surface area contributed by atoms with Crippen molar-refractivity contribution in [2.45, 2.75) is 31.7 Å². The number of hydrogen-bond acceptors (Lipinski definition) is 1. The molecule has 0 aromatic rings. The SMILES string of the molecule is C[C@@H]([NH-])CN1CCC(F)(F)CC1. The molecule has 1 saturated heterocycles. The van der Waals surface area contributed by atoms with Crippen LogP contribution >= 0.6 is 0 Å². The summed E-state index contributed by atoms with van der Waals surface area (Å²) in [6, 6.07) is -0.170. The fourth-order valence-corrected chi connectivity index (χ4v) is 1.45. The van der Waals surface area contributed by atoms with Gasteiger partial charge in [-0.1, -0.05) is 6.92 Å². The average Bonchev–Trinajstić information content (AvgIpc) is 1.93. The molecule has 1 aliphatic rings. The summed E-state index contributed by atoms with van der Waals surface area (Å²) < 4.78 is 25.3. The van der Waals surface area contributed by atoms with E-state index >= 15 is 0 Å². The minimum atomic E-state index is -2.46. The van der Waals surface area contributed by atoms with Gasteiger partial charge in [0.05, 0.1) is 0 Å². The highest BCUT2D eigenvalue weighted by Crippen LogP contribution is 2.27. The minimum Gasteiger partial charge on any atom is -0.674 e. The number of likely N-dealkylation sites (tertiary alicyclic amines) is 1. The molecule has 1 atom stereocenters. The van der Waals surface area contributed by atoms with Crippen LogP contribution < -0.4 is 0 Å². The Labute approximate surface area is 71.7 Å². The van der Waals surface area contributed by atoms with Gasteiger partial charge in [0.1, 0.15) is 0 Å². The number of alkyl halides is 2. The lowest BCUT2D eigenvalue weighted by Crippen LogP contribution is -2.41. The molecule has 2 nitrogen and oxygen atoms in total. The minimum absolute atomic E-state index is 0.0419. The molecule has 0 bridgehead atoms. The highest BCUT2D eigenvalue weighted by molar-refractivity contribution is 4.81. The van der Waals surface area contributed by atoms with Crippen molar-refractivity contribution in [1.82, 2.24) is 4.90 Å². The van der Waals surface area contributed by atoms with Crippen LogP contribution in [0.15, 0.2) is 0 Å². The molecule has 1 aliphatic heterocycles. The van der Waals surface area contributed by atoms with Crippen molar-refractivity contribution in [3.63, 3.8) is 0 Å². The maximum absolute atomic E-state index is 12.6. The van der Waals surface area contributed by atoms with E-state index in [1.165, 1.54) is 0 Å². The molecule has 1 N–H and O–H groups in total. The Hall–Kier alpha value is -0.220. The Morgan fingerprint density at radius 2 is 1.92 bits per heavy atom. The van der Waals surface area contributed by atoms with Crippen LogP contribution in [0.25, 0.3) is 5.73 Å². The van der Waals surface area contributed by atoms with Crippen LogP contribution in [0.4, 0.5) is 8.78 Å². The zero-order chi connectivity index (χ0) is 9.19. The molecule has 4 heteroatoms. The molecule has 1 heterocycles. The first-order chi connectivity index (χ1) is 5.49. The lowest BCUT2D eigenvalue weighted by molar-refractivity contribution is -0.0551. The van der Waals surface area contributed by atoms with Crippen molar-refractivity contribution in [2.24, 2.45) is 0 Å². The monoisotopic (exact) mass is 177 g/mol.